The van der Waals surface area contributed by atoms with Crippen LogP contribution < -0.4 is 15.4 Å². The number of hydrogen-bond acceptors (Lipinski definition) is 3. The van der Waals surface area contributed by atoms with E-state index in [-0.39, 0.29) is 11.8 Å². The summed E-state index contributed by atoms with van der Waals surface area (Å²) in [7, 11) is 0. The van der Waals surface area contributed by atoms with Crippen LogP contribution in [0.5, 0.6) is 5.75 Å². The number of nitrogens with one attached hydrogen (secondary N) is 2. The van der Waals surface area contributed by atoms with Crippen LogP contribution in [0.15, 0.2) is 60.2 Å². The smallest absolute Gasteiger partial charge is 0.171 e. The molecule has 1 aliphatic heterocycles. The second-order valence-corrected chi connectivity index (χ2v) is 7.74. The quantitative estimate of drug-likeness (QED) is 0.733. The average molecular weight is 393 g/mol. The van der Waals surface area contributed by atoms with Crippen LogP contribution in [0.2, 0.25) is 0 Å². The molecule has 5 heteroatoms. The minimum absolute atomic E-state index is 0.0117. The van der Waals surface area contributed by atoms with E-state index in [1.165, 1.54) is 12.8 Å². The van der Waals surface area contributed by atoms with E-state index in [0.29, 0.717) is 16.8 Å². The van der Waals surface area contributed by atoms with Crippen LogP contribution in [-0.2, 0) is 4.79 Å². The topological polar surface area (TPSA) is 50.4 Å². The number of Topliss-reactive ketones (excluding diaryl/α,β-unsaturated/α-hetero) is 1. The molecule has 0 bridgehead atoms. The number of carbonyl (C=O) groups excluding carboxylic acids is 1. The van der Waals surface area contributed by atoms with Gasteiger partial charge in [0.25, 0.3) is 0 Å². The lowest BCUT2D eigenvalue weighted by Gasteiger charge is -2.31. The molecule has 28 heavy (non-hydrogen) atoms. The Balaban J connectivity index is 1.66. The summed E-state index contributed by atoms with van der Waals surface area (Å²) in [6.07, 6.45) is 5.07. The van der Waals surface area contributed by atoms with Gasteiger partial charge in [-0.05, 0) is 68.1 Å². The van der Waals surface area contributed by atoms with E-state index in [2.05, 4.69) is 10.6 Å². The highest BCUT2D eigenvalue weighted by Crippen LogP contribution is 2.33. The van der Waals surface area contributed by atoms with Crippen molar-refractivity contribution in [2.24, 2.45) is 0 Å². The summed E-state index contributed by atoms with van der Waals surface area (Å²) in [5.74, 6) is 0.890. The maximum Gasteiger partial charge on any atom is 0.171 e. The van der Waals surface area contributed by atoms with Crippen LogP contribution in [0, 0.1) is 0 Å². The van der Waals surface area contributed by atoms with Gasteiger partial charge in [0.05, 0.1) is 17.8 Å². The van der Waals surface area contributed by atoms with Gasteiger partial charge in [-0.1, -0.05) is 42.5 Å². The van der Waals surface area contributed by atoms with Crippen LogP contribution >= 0.6 is 12.2 Å². The molecule has 2 aromatic rings. The van der Waals surface area contributed by atoms with Crippen molar-refractivity contribution in [2.75, 3.05) is 0 Å². The number of thiocarbonyl (C=S) groups is 1. The van der Waals surface area contributed by atoms with Gasteiger partial charge in [0.2, 0.25) is 0 Å². The predicted octanol–water partition coefficient (Wildman–Crippen LogP) is 4.53. The van der Waals surface area contributed by atoms with Crippen LogP contribution in [0.25, 0.3) is 5.70 Å². The first kappa shape index (κ1) is 18.7. The first-order valence-corrected chi connectivity index (χ1v) is 10.2. The van der Waals surface area contributed by atoms with Crippen molar-refractivity contribution in [3.63, 3.8) is 0 Å². The van der Waals surface area contributed by atoms with E-state index in [0.717, 1.165) is 35.4 Å². The Bertz CT molecular complexity index is 900. The number of rotatable bonds is 5. The molecule has 0 unspecified atom stereocenters. The zero-order chi connectivity index (χ0) is 19.5. The summed E-state index contributed by atoms with van der Waals surface area (Å²) >= 11 is 5.43. The second-order valence-electron chi connectivity index (χ2n) is 7.34. The van der Waals surface area contributed by atoms with E-state index in [1.807, 2.05) is 54.6 Å². The van der Waals surface area contributed by atoms with Crippen molar-refractivity contribution in [3.05, 3.63) is 71.3 Å². The molecule has 4 nitrogen and oxygen atoms in total. The Morgan fingerprint density at radius 1 is 1.04 bits per heavy atom. The fraction of sp³-hybridized carbons (Fsp3) is 0.304. The highest BCUT2D eigenvalue weighted by Gasteiger charge is 2.30. The van der Waals surface area contributed by atoms with Gasteiger partial charge in [0.15, 0.2) is 10.9 Å². The van der Waals surface area contributed by atoms with E-state index >= 15 is 0 Å². The van der Waals surface area contributed by atoms with Gasteiger partial charge in [-0.15, -0.1) is 0 Å². The van der Waals surface area contributed by atoms with Crippen molar-refractivity contribution < 1.29 is 9.53 Å². The molecule has 1 aliphatic carbocycles. The maximum atomic E-state index is 12.6. The molecule has 2 N–H and O–H groups in total. The summed E-state index contributed by atoms with van der Waals surface area (Å²) in [6.45, 7) is 1.60. The van der Waals surface area contributed by atoms with E-state index < -0.39 is 0 Å². The SMILES string of the molecule is CC(=O)C1=C(c2ccccc2)NC(=S)N[C@@H]1c1ccc(OC2CCCC2)cc1. The Morgan fingerprint density at radius 3 is 2.36 bits per heavy atom. The molecule has 0 radical (unpaired) electrons. The lowest BCUT2D eigenvalue weighted by atomic mass is 9.90. The minimum Gasteiger partial charge on any atom is -0.490 e. The molecule has 0 spiro atoms. The lowest BCUT2D eigenvalue weighted by Crippen LogP contribution is -2.44. The average Bonchev–Trinajstić information content (AvgIpc) is 3.21. The summed E-state index contributed by atoms with van der Waals surface area (Å²) in [4.78, 5) is 12.6. The Hall–Kier alpha value is -2.66. The van der Waals surface area contributed by atoms with Crippen molar-refractivity contribution in [2.45, 2.75) is 44.8 Å². The second kappa shape index (κ2) is 8.15. The van der Waals surface area contributed by atoms with E-state index in [1.54, 1.807) is 6.92 Å². The van der Waals surface area contributed by atoms with Crippen molar-refractivity contribution in [1.29, 1.82) is 0 Å². The molecule has 4 rings (SSSR count). The third-order valence-corrected chi connectivity index (χ3v) is 5.55. The summed E-state index contributed by atoms with van der Waals surface area (Å²) < 4.78 is 6.07. The maximum absolute atomic E-state index is 12.6. The Morgan fingerprint density at radius 2 is 1.71 bits per heavy atom. The van der Waals surface area contributed by atoms with Gasteiger partial charge < -0.3 is 15.4 Å². The number of ether oxygens (including phenoxy) is 1. The number of ketones is 1. The molecular formula is C23H24N2O2S. The van der Waals surface area contributed by atoms with Gasteiger partial charge in [-0.3, -0.25) is 4.79 Å². The molecule has 144 valence electrons. The van der Waals surface area contributed by atoms with E-state index in [4.69, 9.17) is 17.0 Å². The van der Waals surface area contributed by atoms with E-state index in [9.17, 15) is 4.79 Å². The molecule has 0 aromatic heterocycles. The third kappa shape index (κ3) is 3.94. The zero-order valence-electron chi connectivity index (χ0n) is 15.9. The molecule has 2 aliphatic rings. The molecule has 0 saturated heterocycles. The van der Waals surface area contributed by atoms with Gasteiger partial charge in [0, 0.05) is 5.57 Å². The number of hydrogen-bond donors (Lipinski definition) is 2. The van der Waals surface area contributed by atoms with Crippen molar-refractivity contribution in [3.8, 4) is 5.75 Å². The van der Waals surface area contributed by atoms with Gasteiger partial charge in [0.1, 0.15) is 5.75 Å². The number of benzene rings is 2. The first-order chi connectivity index (χ1) is 13.6. The van der Waals surface area contributed by atoms with Crippen LogP contribution in [0.3, 0.4) is 0 Å². The summed E-state index contributed by atoms with van der Waals surface area (Å²) in [5, 5.41) is 6.95. The zero-order valence-corrected chi connectivity index (χ0v) is 16.7. The lowest BCUT2D eigenvalue weighted by molar-refractivity contribution is -0.113. The molecule has 0 amide bonds. The number of carbonyl (C=O) groups is 1. The van der Waals surface area contributed by atoms with Crippen LogP contribution in [-0.4, -0.2) is 17.0 Å². The molecule has 1 heterocycles. The summed E-state index contributed by atoms with van der Waals surface area (Å²) in [6, 6.07) is 17.5. The van der Waals surface area contributed by atoms with Crippen LogP contribution in [0.1, 0.15) is 49.8 Å². The Kier molecular flexibility index (Phi) is 5.44. The standard InChI is InChI=1S/C23H24N2O2S/c1-15(26)20-21(16-7-3-2-4-8-16)24-23(28)25-22(20)17-11-13-19(14-12-17)27-18-9-5-6-10-18/h2-4,7-8,11-14,18,22H,5-6,9-10H2,1H3,(H2,24,25,28)/t22-/m1/s1. The first-order valence-electron chi connectivity index (χ1n) is 9.76. The highest BCUT2D eigenvalue weighted by molar-refractivity contribution is 7.80. The van der Waals surface area contributed by atoms with Gasteiger partial charge in [-0.25, -0.2) is 0 Å². The summed E-state index contributed by atoms with van der Waals surface area (Å²) in [5.41, 5.74) is 3.39. The normalized spacial score (nSPS) is 19.9. The fourth-order valence-electron chi connectivity index (χ4n) is 3.96. The third-order valence-electron chi connectivity index (χ3n) is 5.33. The predicted molar refractivity (Wildman–Crippen MR) is 115 cm³/mol. The van der Waals surface area contributed by atoms with Crippen LogP contribution in [0.4, 0.5) is 0 Å². The molecule has 2 aromatic carbocycles. The molecule has 1 saturated carbocycles. The van der Waals surface area contributed by atoms with Crippen molar-refractivity contribution in [1.82, 2.24) is 10.6 Å². The molecule has 1 fully saturated rings. The van der Waals surface area contributed by atoms with Gasteiger partial charge >= 0.3 is 0 Å². The fourth-order valence-corrected chi connectivity index (χ4v) is 4.18. The Labute approximate surface area is 171 Å². The minimum atomic E-state index is -0.290. The van der Waals surface area contributed by atoms with Gasteiger partial charge in [-0.2, -0.15) is 0 Å². The highest BCUT2D eigenvalue weighted by atomic mass is 32.1. The molecule has 1 atom stereocenters. The largest absolute Gasteiger partial charge is 0.490 e. The molecular weight excluding hydrogens is 368 g/mol. The van der Waals surface area contributed by atoms with Crippen molar-refractivity contribution >= 4 is 28.8 Å². The monoisotopic (exact) mass is 392 g/mol.